The number of sulfone groups is 1. The number of carbonyl (C=O) groups excluding carboxylic acids is 1. The fourth-order valence-corrected chi connectivity index (χ4v) is 2.00. The molecule has 0 radical (unpaired) electrons. The van der Waals surface area contributed by atoms with Gasteiger partial charge in [0.2, 0.25) is 0 Å². The normalized spacial score (nSPS) is 14.0. The molecule has 0 aliphatic rings. The Morgan fingerprint density at radius 1 is 1.54 bits per heavy atom. The Labute approximate surface area is 81.3 Å². The van der Waals surface area contributed by atoms with E-state index in [1.165, 1.54) is 18.3 Å². The van der Waals surface area contributed by atoms with E-state index >= 15 is 0 Å². The van der Waals surface area contributed by atoms with Gasteiger partial charge in [0.15, 0.2) is 15.6 Å². The molecule has 0 saturated heterocycles. The smallest absolute Gasteiger partial charge is 0.181 e. The second kappa shape index (κ2) is 3.59. The largest absolute Gasteiger partial charge is 0.293 e. The lowest BCUT2D eigenvalue weighted by atomic mass is 10.2. The molecule has 5 heteroatoms. The lowest BCUT2D eigenvalue weighted by Crippen LogP contribution is -2.25. The van der Waals surface area contributed by atoms with Gasteiger partial charge in [-0.3, -0.25) is 4.79 Å². The van der Waals surface area contributed by atoms with Crippen LogP contribution in [0.1, 0.15) is 17.3 Å². The van der Waals surface area contributed by atoms with Crippen LogP contribution in [0.25, 0.3) is 0 Å². The van der Waals surface area contributed by atoms with Crippen molar-refractivity contribution in [2.24, 2.45) is 0 Å². The average molecular weight is 218 g/mol. The summed E-state index contributed by atoms with van der Waals surface area (Å²) in [5.74, 6) is -0.330. The molecule has 1 aromatic rings. The zero-order chi connectivity index (χ0) is 10.1. The molecule has 3 nitrogen and oxygen atoms in total. The summed E-state index contributed by atoms with van der Waals surface area (Å²) in [4.78, 5) is 11.5. The standard InChI is InChI=1S/C8H10O3S2/c1-6(13(2,10)11)8(9)7-3-4-12-5-7/h3-6H,1-2H3. The van der Waals surface area contributed by atoms with Crippen molar-refractivity contribution in [1.29, 1.82) is 0 Å². The number of hydrogen-bond donors (Lipinski definition) is 0. The summed E-state index contributed by atoms with van der Waals surface area (Å²) in [5.41, 5.74) is 0.475. The molecule has 13 heavy (non-hydrogen) atoms. The third-order valence-corrected chi connectivity index (χ3v) is 4.00. The van der Waals surface area contributed by atoms with Gasteiger partial charge in [0.05, 0.1) is 0 Å². The van der Waals surface area contributed by atoms with Crippen molar-refractivity contribution in [3.8, 4) is 0 Å². The molecule has 0 aromatic carbocycles. The Morgan fingerprint density at radius 2 is 2.15 bits per heavy atom. The van der Waals surface area contributed by atoms with E-state index < -0.39 is 15.1 Å². The van der Waals surface area contributed by atoms with Crippen molar-refractivity contribution in [2.45, 2.75) is 12.2 Å². The fourth-order valence-electron chi connectivity index (χ4n) is 0.834. The molecule has 0 aliphatic heterocycles. The molecule has 72 valence electrons. The quantitative estimate of drug-likeness (QED) is 0.720. The maximum atomic E-state index is 11.5. The number of Topliss-reactive ketones (excluding diaryl/α,β-unsaturated/α-hetero) is 1. The first kappa shape index (κ1) is 10.4. The van der Waals surface area contributed by atoms with E-state index in [1.54, 1.807) is 16.8 Å². The molecule has 0 saturated carbocycles. The van der Waals surface area contributed by atoms with E-state index in [0.717, 1.165) is 6.26 Å². The van der Waals surface area contributed by atoms with Crippen molar-refractivity contribution in [3.63, 3.8) is 0 Å². The molecule has 0 fully saturated rings. The van der Waals surface area contributed by atoms with Crippen molar-refractivity contribution >= 4 is 27.0 Å². The number of ketones is 1. The molecule has 1 unspecified atom stereocenters. The van der Waals surface area contributed by atoms with Crippen LogP contribution in [0.2, 0.25) is 0 Å². The molecule has 0 amide bonds. The molecule has 1 atom stereocenters. The van der Waals surface area contributed by atoms with Crippen LogP contribution in [0.15, 0.2) is 16.8 Å². The minimum absolute atomic E-state index is 0.330. The van der Waals surface area contributed by atoms with E-state index in [2.05, 4.69) is 0 Å². The van der Waals surface area contributed by atoms with E-state index in [9.17, 15) is 13.2 Å². The summed E-state index contributed by atoms with van der Waals surface area (Å²) < 4.78 is 22.1. The van der Waals surface area contributed by atoms with Crippen LogP contribution in [-0.4, -0.2) is 25.7 Å². The predicted molar refractivity (Wildman–Crippen MR) is 53.0 cm³/mol. The van der Waals surface area contributed by atoms with Crippen molar-refractivity contribution in [3.05, 3.63) is 22.4 Å². The molecular weight excluding hydrogens is 208 g/mol. The Kier molecular flexibility index (Phi) is 2.87. The summed E-state index contributed by atoms with van der Waals surface area (Å²) in [5, 5.41) is 2.47. The van der Waals surface area contributed by atoms with Crippen LogP contribution in [0.3, 0.4) is 0 Å². The first-order valence-corrected chi connectivity index (χ1v) is 6.58. The number of carbonyl (C=O) groups is 1. The number of rotatable bonds is 3. The van der Waals surface area contributed by atoms with Gasteiger partial charge < -0.3 is 0 Å². The first-order valence-electron chi connectivity index (χ1n) is 3.68. The fraction of sp³-hybridized carbons (Fsp3) is 0.375. The molecule has 0 aliphatic carbocycles. The van der Waals surface area contributed by atoms with Crippen LogP contribution < -0.4 is 0 Å². The highest BCUT2D eigenvalue weighted by atomic mass is 32.2. The average Bonchev–Trinajstić information content (AvgIpc) is 2.51. The van der Waals surface area contributed by atoms with Crippen molar-refractivity contribution in [2.75, 3.05) is 6.26 Å². The molecular formula is C8H10O3S2. The van der Waals surface area contributed by atoms with Gasteiger partial charge in [0.1, 0.15) is 5.25 Å². The minimum Gasteiger partial charge on any atom is -0.293 e. The summed E-state index contributed by atoms with van der Waals surface area (Å²) in [6, 6.07) is 1.63. The predicted octanol–water partition coefficient (Wildman–Crippen LogP) is 1.36. The van der Waals surface area contributed by atoms with Gasteiger partial charge in [-0.15, -0.1) is 0 Å². The molecule has 1 aromatic heterocycles. The molecule has 0 bridgehead atoms. The minimum atomic E-state index is -3.27. The summed E-state index contributed by atoms with van der Waals surface area (Å²) in [6.45, 7) is 1.41. The zero-order valence-corrected chi connectivity index (χ0v) is 8.98. The molecule has 1 heterocycles. The molecule has 0 spiro atoms. The van der Waals surface area contributed by atoms with Crippen LogP contribution in [0.4, 0.5) is 0 Å². The summed E-state index contributed by atoms with van der Waals surface area (Å²) >= 11 is 1.38. The second-order valence-electron chi connectivity index (χ2n) is 2.85. The van der Waals surface area contributed by atoms with Gasteiger partial charge in [0.25, 0.3) is 0 Å². The van der Waals surface area contributed by atoms with E-state index in [-0.39, 0.29) is 5.78 Å². The zero-order valence-electron chi connectivity index (χ0n) is 7.35. The van der Waals surface area contributed by atoms with Gasteiger partial charge in [0, 0.05) is 17.2 Å². The van der Waals surface area contributed by atoms with E-state index in [0.29, 0.717) is 5.56 Å². The summed E-state index contributed by atoms with van der Waals surface area (Å²) in [6.07, 6.45) is 1.07. The topological polar surface area (TPSA) is 51.2 Å². The van der Waals surface area contributed by atoms with Crippen LogP contribution in [-0.2, 0) is 9.84 Å². The lowest BCUT2D eigenvalue weighted by Gasteiger charge is -2.05. The summed E-state index contributed by atoms with van der Waals surface area (Å²) in [7, 11) is -3.27. The maximum absolute atomic E-state index is 11.5. The van der Waals surface area contributed by atoms with Gasteiger partial charge in [-0.05, 0) is 18.4 Å². The van der Waals surface area contributed by atoms with Crippen LogP contribution >= 0.6 is 11.3 Å². The maximum Gasteiger partial charge on any atom is 0.181 e. The highest BCUT2D eigenvalue weighted by molar-refractivity contribution is 7.92. The Bertz CT molecular complexity index is 389. The van der Waals surface area contributed by atoms with Crippen LogP contribution in [0.5, 0.6) is 0 Å². The first-order chi connectivity index (χ1) is 5.93. The van der Waals surface area contributed by atoms with Crippen molar-refractivity contribution in [1.82, 2.24) is 0 Å². The highest BCUT2D eigenvalue weighted by Crippen LogP contribution is 2.12. The number of hydrogen-bond acceptors (Lipinski definition) is 4. The monoisotopic (exact) mass is 218 g/mol. The third kappa shape index (κ3) is 2.38. The third-order valence-electron chi connectivity index (χ3n) is 1.82. The lowest BCUT2D eigenvalue weighted by molar-refractivity contribution is 0.0992. The Hall–Kier alpha value is -0.680. The van der Waals surface area contributed by atoms with Gasteiger partial charge in [-0.25, -0.2) is 8.42 Å². The molecule has 0 N–H and O–H groups in total. The van der Waals surface area contributed by atoms with E-state index in [4.69, 9.17) is 0 Å². The molecule has 1 rings (SSSR count). The Balaban J connectivity index is 2.94. The van der Waals surface area contributed by atoms with E-state index in [1.807, 2.05) is 0 Å². The van der Waals surface area contributed by atoms with Crippen LogP contribution in [0, 0.1) is 0 Å². The van der Waals surface area contributed by atoms with Gasteiger partial charge in [-0.2, -0.15) is 11.3 Å². The Morgan fingerprint density at radius 3 is 2.54 bits per heavy atom. The van der Waals surface area contributed by atoms with Gasteiger partial charge >= 0.3 is 0 Å². The number of thiophene rings is 1. The highest BCUT2D eigenvalue weighted by Gasteiger charge is 2.24. The second-order valence-corrected chi connectivity index (χ2v) is 5.99. The van der Waals surface area contributed by atoms with Crippen molar-refractivity contribution < 1.29 is 13.2 Å². The SMILES string of the molecule is CC(C(=O)c1ccsc1)S(C)(=O)=O. The van der Waals surface area contributed by atoms with Gasteiger partial charge in [-0.1, -0.05) is 0 Å².